The molecule has 1 amide bonds. The fraction of sp³-hybridized carbons (Fsp3) is 0.292. The Morgan fingerprint density at radius 3 is 2.43 bits per heavy atom. The number of allylic oxidation sites excluding steroid dienone is 4. The number of hydrogen-bond acceptors (Lipinski definition) is 2. The zero-order valence-electron chi connectivity index (χ0n) is 17.2. The third-order valence-electron chi connectivity index (χ3n) is 5.12. The van der Waals surface area contributed by atoms with Crippen LogP contribution in [0.1, 0.15) is 42.1 Å². The lowest BCUT2D eigenvalue weighted by atomic mass is 9.93. The van der Waals surface area contributed by atoms with E-state index in [9.17, 15) is 9.18 Å². The van der Waals surface area contributed by atoms with Crippen LogP contribution in [0.15, 0.2) is 54.6 Å². The van der Waals surface area contributed by atoms with Crippen LogP contribution in [0.2, 0.25) is 0 Å². The highest BCUT2D eigenvalue weighted by Gasteiger charge is 2.26. The summed E-state index contributed by atoms with van der Waals surface area (Å²) in [6.45, 7) is 6.06. The van der Waals surface area contributed by atoms with Crippen LogP contribution in [0.4, 0.5) is 10.1 Å². The summed E-state index contributed by atoms with van der Waals surface area (Å²) in [6, 6.07) is 11.2. The summed E-state index contributed by atoms with van der Waals surface area (Å²) in [5.41, 5.74) is 5.30. The summed E-state index contributed by atoms with van der Waals surface area (Å²) in [4.78, 5) is 16.5. The van der Waals surface area contributed by atoms with Gasteiger partial charge in [-0.05, 0) is 62.3 Å². The van der Waals surface area contributed by atoms with Gasteiger partial charge in [0.2, 0.25) is 5.91 Å². The lowest BCUT2D eigenvalue weighted by Gasteiger charge is -2.33. The van der Waals surface area contributed by atoms with Crippen LogP contribution in [0.25, 0.3) is 5.57 Å². The molecule has 2 aromatic carbocycles. The van der Waals surface area contributed by atoms with Crippen LogP contribution in [0.3, 0.4) is 0 Å². The molecule has 0 fully saturated rings. The van der Waals surface area contributed by atoms with E-state index in [1.54, 1.807) is 11.8 Å². The van der Waals surface area contributed by atoms with Gasteiger partial charge in [-0.3, -0.25) is 4.79 Å². The smallest absolute Gasteiger partial charge is 0.224 e. The van der Waals surface area contributed by atoms with E-state index in [1.807, 2.05) is 63.5 Å². The van der Waals surface area contributed by atoms with E-state index in [2.05, 4.69) is 11.0 Å². The Morgan fingerprint density at radius 1 is 1.18 bits per heavy atom. The van der Waals surface area contributed by atoms with Gasteiger partial charge < -0.3 is 9.80 Å². The number of halogens is 1. The van der Waals surface area contributed by atoms with Crippen molar-refractivity contribution in [2.75, 3.05) is 19.0 Å². The van der Waals surface area contributed by atoms with Gasteiger partial charge in [-0.25, -0.2) is 4.39 Å². The number of nitrogens with zero attached hydrogens (tertiary/aromatic N) is 2. The first-order chi connectivity index (χ1) is 13.3. The van der Waals surface area contributed by atoms with Crippen LogP contribution in [0.5, 0.6) is 0 Å². The van der Waals surface area contributed by atoms with Crippen molar-refractivity contribution in [2.24, 2.45) is 0 Å². The first-order valence-corrected chi connectivity index (χ1v) is 9.50. The van der Waals surface area contributed by atoms with Crippen molar-refractivity contribution in [2.45, 2.75) is 33.4 Å². The maximum absolute atomic E-state index is 14.5. The minimum Gasteiger partial charge on any atom is -0.305 e. The van der Waals surface area contributed by atoms with Gasteiger partial charge in [-0.15, -0.1) is 0 Å². The molecule has 0 radical (unpaired) electrons. The molecule has 146 valence electrons. The number of benzene rings is 2. The zero-order chi connectivity index (χ0) is 20.4. The number of rotatable bonds is 6. The largest absolute Gasteiger partial charge is 0.305 e. The SMILES string of the molecule is CC(=O)N(c1cc(F)c(C)cc1C1=CC=C1)[C@H](C)c1ccccc1CN(C)C. The van der Waals surface area contributed by atoms with Gasteiger partial charge in [0.15, 0.2) is 0 Å². The quantitative estimate of drug-likeness (QED) is 0.684. The number of amides is 1. The molecular weight excluding hydrogens is 351 g/mol. The fourth-order valence-corrected chi connectivity index (χ4v) is 3.69. The van der Waals surface area contributed by atoms with E-state index in [-0.39, 0.29) is 17.8 Å². The Morgan fingerprint density at radius 2 is 1.86 bits per heavy atom. The molecule has 0 bridgehead atoms. The molecule has 1 aliphatic rings. The molecule has 2 aromatic rings. The van der Waals surface area contributed by atoms with E-state index in [4.69, 9.17) is 0 Å². The number of aryl methyl sites for hydroxylation is 1. The molecule has 0 aliphatic heterocycles. The minimum absolute atomic E-state index is 0.111. The van der Waals surface area contributed by atoms with Gasteiger partial charge in [-0.1, -0.05) is 42.5 Å². The van der Waals surface area contributed by atoms with E-state index in [0.717, 1.165) is 28.8 Å². The lowest BCUT2D eigenvalue weighted by molar-refractivity contribution is -0.117. The predicted molar refractivity (Wildman–Crippen MR) is 114 cm³/mol. The average Bonchev–Trinajstić information content (AvgIpc) is 2.57. The van der Waals surface area contributed by atoms with Gasteiger partial charge >= 0.3 is 0 Å². The van der Waals surface area contributed by atoms with Crippen molar-refractivity contribution in [1.29, 1.82) is 0 Å². The first-order valence-electron chi connectivity index (χ1n) is 9.50. The summed E-state index contributed by atoms with van der Waals surface area (Å²) < 4.78 is 14.5. The molecule has 0 aromatic heterocycles. The maximum atomic E-state index is 14.5. The van der Waals surface area contributed by atoms with Crippen LogP contribution in [0, 0.1) is 12.7 Å². The topological polar surface area (TPSA) is 23.6 Å². The van der Waals surface area contributed by atoms with Crippen molar-refractivity contribution in [3.8, 4) is 0 Å². The molecule has 3 rings (SSSR count). The Balaban J connectivity index is 2.11. The predicted octanol–water partition coefficient (Wildman–Crippen LogP) is 5.26. The molecule has 1 atom stereocenters. The molecule has 28 heavy (non-hydrogen) atoms. The minimum atomic E-state index is -0.303. The molecule has 1 aliphatic carbocycles. The van der Waals surface area contributed by atoms with Gasteiger partial charge in [0.1, 0.15) is 5.82 Å². The van der Waals surface area contributed by atoms with Gasteiger partial charge in [0.25, 0.3) is 0 Å². The summed E-state index contributed by atoms with van der Waals surface area (Å²) in [5, 5.41) is 0. The molecule has 0 N–H and O–H groups in total. The fourth-order valence-electron chi connectivity index (χ4n) is 3.69. The Labute approximate surface area is 166 Å². The summed E-state index contributed by atoms with van der Waals surface area (Å²) >= 11 is 0. The molecule has 0 saturated heterocycles. The van der Waals surface area contributed by atoms with Crippen molar-refractivity contribution < 1.29 is 9.18 Å². The van der Waals surface area contributed by atoms with Crippen molar-refractivity contribution in [3.05, 3.63) is 82.7 Å². The van der Waals surface area contributed by atoms with Gasteiger partial charge in [-0.2, -0.15) is 0 Å². The van der Waals surface area contributed by atoms with Crippen LogP contribution in [-0.2, 0) is 11.3 Å². The van der Waals surface area contributed by atoms with E-state index < -0.39 is 0 Å². The molecular formula is C24H27FN2O. The standard InChI is InChI=1S/C24H27FN2O/c1-16-13-22(19-10-8-11-19)24(14-23(16)25)27(18(3)28)17(2)21-12-7-6-9-20(21)15-26(4)5/h6-14,17H,15H2,1-5H3/t17-/m1/s1. The third kappa shape index (κ3) is 3.92. The maximum Gasteiger partial charge on any atom is 0.224 e. The van der Waals surface area contributed by atoms with E-state index in [0.29, 0.717) is 11.3 Å². The summed E-state index contributed by atoms with van der Waals surface area (Å²) in [5.74, 6) is -0.414. The van der Waals surface area contributed by atoms with Crippen LogP contribution < -0.4 is 4.90 Å². The van der Waals surface area contributed by atoms with Crippen molar-refractivity contribution in [1.82, 2.24) is 4.90 Å². The van der Waals surface area contributed by atoms with E-state index >= 15 is 0 Å². The Bertz CT molecular complexity index is 959. The highest BCUT2D eigenvalue weighted by Crippen LogP contribution is 2.38. The van der Waals surface area contributed by atoms with Gasteiger partial charge in [0.05, 0.1) is 11.7 Å². The van der Waals surface area contributed by atoms with Crippen LogP contribution >= 0.6 is 0 Å². The number of carbonyl (C=O) groups excluding carboxylic acids is 1. The number of carbonyl (C=O) groups is 1. The number of anilines is 1. The summed E-state index contributed by atoms with van der Waals surface area (Å²) in [6.07, 6.45) is 5.92. The molecule has 0 saturated carbocycles. The Hall–Kier alpha value is -2.72. The Kier molecular flexibility index (Phi) is 5.80. The van der Waals surface area contributed by atoms with Crippen molar-refractivity contribution in [3.63, 3.8) is 0 Å². The zero-order valence-corrected chi connectivity index (χ0v) is 17.2. The van der Waals surface area contributed by atoms with Crippen molar-refractivity contribution >= 4 is 17.2 Å². The van der Waals surface area contributed by atoms with Crippen LogP contribution in [-0.4, -0.2) is 24.9 Å². The molecule has 0 heterocycles. The summed E-state index contributed by atoms with van der Waals surface area (Å²) in [7, 11) is 4.04. The molecule has 0 spiro atoms. The second-order valence-electron chi connectivity index (χ2n) is 7.60. The second-order valence-corrected chi connectivity index (χ2v) is 7.60. The van der Waals surface area contributed by atoms with Gasteiger partial charge in [0, 0.05) is 19.0 Å². The normalized spacial score (nSPS) is 13.9. The highest BCUT2D eigenvalue weighted by atomic mass is 19.1. The molecule has 3 nitrogen and oxygen atoms in total. The monoisotopic (exact) mass is 378 g/mol. The average molecular weight is 378 g/mol. The third-order valence-corrected chi connectivity index (χ3v) is 5.12. The van der Waals surface area contributed by atoms with E-state index in [1.165, 1.54) is 13.0 Å². The molecule has 0 unspecified atom stereocenters. The highest BCUT2D eigenvalue weighted by molar-refractivity contribution is 5.98. The number of hydrogen-bond donors (Lipinski definition) is 0. The second kappa shape index (κ2) is 8.11. The molecule has 4 heteroatoms. The lowest BCUT2D eigenvalue weighted by Crippen LogP contribution is -2.33. The first kappa shape index (κ1) is 20.0.